The first-order valence-corrected chi connectivity index (χ1v) is 6.15. The predicted octanol–water partition coefficient (Wildman–Crippen LogP) is 1.34. The van der Waals surface area contributed by atoms with Crippen molar-refractivity contribution in [3.8, 4) is 0 Å². The van der Waals surface area contributed by atoms with Gasteiger partial charge >= 0.3 is 0 Å². The van der Waals surface area contributed by atoms with Crippen molar-refractivity contribution >= 4 is 17.5 Å². The van der Waals surface area contributed by atoms with Crippen LogP contribution in [0.5, 0.6) is 0 Å². The number of piperidine rings is 1. The van der Waals surface area contributed by atoms with E-state index >= 15 is 0 Å². The molecule has 0 spiro atoms. The Morgan fingerprint density at radius 2 is 2.33 bits per heavy atom. The maximum Gasteiger partial charge on any atom is 0.243 e. The summed E-state index contributed by atoms with van der Waals surface area (Å²) in [6.45, 7) is 2.69. The number of carbonyl (C=O) groups excluding carboxylic acids is 2. The molecule has 1 N–H and O–H groups in total. The van der Waals surface area contributed by atoms with Crippen LogP contribution in [-0.4, -0.2) is 34.8 Å². The minimum Gasteiger partial charge on any atom is -0.333 e. The van der Waals surface area contributed by atoms with Crippen LogP contribution < -0.4 is 5.32 Å². The van der Waals surface area contributed by atoms with Gasteiger partial charge in [0.1, 0.15) is 0 Å². The average Bonchev–Trinajstić information content (AvgIpc) is 2.32. The molecule has 2 heterocycles. The van der Waals surface area contributed by atoms with Crippen molar-refractivity contribution in [3.05, 3.63) is 24.0 Å². The number of pyridine rings is 1. The highest BCUT2D eigenvalue weighted by molar-refractivity contribution is 5.94. The number of nitrogens with one attached hydrogen (secondary N) is 1. The van der Waals surface area contributed by atoms with Gasteiger partial charge in [-0.3, -0.25) is 14.6 Å². The molecule has 5 nitrogen and oxygen atoms in total. The Balaban J connectivity index is 1.90. The highest BCUT2D eigenvalue weighted by atomic mass is 16.2. The Bertz CT molecular complexity index is 459. The second-order valence-corrected chi connectivity index (χ2v) is 4.51. The fourth-order valence-electron chi connectivity index (χ4n) is 2.03. The minimum absolute atomic E-state index is 0.0716. The van der Waals surface area contributed by atoms with Gasteiger partial charge in [-0.25, -0.2) is 0 Å². The number of aryl methyl sites for hydroxylation is 1. The molecule has 96 valence electrons. The molecule has 2 amide bonds. The lowest BCUT2D eigenvalue weighted by molar-refractivity contribution is -0.136. The van der Waals surface area contributed by atoms with E-state index in [2.05, 4.69) is 10.3 Å². The Morgan fingerprint density at radius 3 is 3.06 bits per heavy atom. The smallest absolute Gasteiger partial charge is 0.243 e. The van der Waals surface area contributed by atoms with E-state index in [4.69, 9.17) is 0 Å². The number of carbonyl (C=O) groups is 2. The minimum atomic E-state index is -0.157. The van der Waals surface area contributed by atoms with E-state index in [-0.39, 0.29) is 18.4 Å². The van der Waals surface area contributed by atoms with Gasteiger partial charge in [0.15, 0.2) is 0 Å². The molecule has 0 bridgehead atoms. The lowest BCUT2D eigenvalue weighted by atomic mass is 10.1. The first kappa shape index (κ1) is 12.5. The lowest BCUT2D eigenvalue weighted by Gasteiger charge is -2.25. The van der Waals surface area contributed by atoms with Crippen LogP contribution in [0.1, 0.15) is 25.0 Å². The molecule has 1 aromatic heterocycles. The van der Waals surface area contributed by atoms with Crippen LogP contribution in [0.4, 0.5) is 5.69 Å². The van der Waals surface area contributed by atoms with Gasteiger partial charge in [-0.05, 0) is 31.9 Å². The fraction of sp³-hybridized carbons (Fsp3) is 0.462. The summed E-state index contributed by atoms with van der Waals surface area (Å²) in [5, 5.41) is 2.78. The van der Waals surface area contributed by atoms with Crippen molar-refractivity contribution in [3.63, 3.8) is 0 Å². The van der Waals surface area contributed by atoms with Crippen molar-refractivity contribution in [2.75, 3.05) is 18.4 Å². The molecule has 0 saturated carbocycles. The van der Waals surface area contributed by atoms with Crippen LogP contribution in [0.15, 0.2) is 18.3 Å². The molecule has 1 aromatic rings. The maximum atomic E-state index is 11.8. The zero-order chi connectivity index (χ0) is 13.0. The molecule has 5 heteroatoms. The number of anilines is 1. The average molecular weight is 247 g/mol. The molecule has 1 aliphatic rings. The second kappa shape index (κ2) is 5.62. The van der Waals surface area contributed by atoms with E-state index < -0.39 is 0 Å². The second-order valence-electron chi connectivity index (χ2n) is 4.51. The van der Waals surface area contributed by atoms with Crippen LogP contribution in [-0.2, 0) is 9.59 Å². The summed E-state index contributed by atoms with van der Waals surface area (Å²) in [7, 11) is 0. The van der Waals surface area contributed by atoms with Gasteiger partial charge in [0, 0.05) is 30.5 Å². The number of nitrogens with zero attached hydrogens (tertiary/aromatic N) is 2. The highest BCUT2D eigenvalue weighted by Crippen LogP contribution is 2.11. The monoisotopic (exact) mass is 247 g/mol. The Morgan fingerprint density at radius 1 is 1.50 bits per heavy atom. The number of aromatic nitrogens is 1. The summed E-state index contributed by atoms with van der Waals surface area (Å²) in [5.74, 6) is -0.0850. The largest absolute Gasteiger partial charge is 0.333 e. The summed E-state index contributed by atoms with van der Waals surface area (Å²) >= 11 is 0. The topological polar surface area (TPSA) is 62.3 Å². The van der Waals surface area contributed by atoms with E-state index in [9.17, 15) is 9.59 Å². The number of rotatable bonds is 3. The lowest BCUT2D eigenvalue weighted by Crippen LogP contribution is -2.40. The van der Waals surface area contributed by atoms with Gasteiger partial charge in [0.05, 0.1) is 6.54 Å². The van der Waals surface area contributed by atoms with E-state index in [1.165, 1.54) is 0 Å². The van der Waals surface area contributed by atoms with Crippen LogP contribution in [0.3, 0.4) is 0 Å². The summed E-state index contributed by atoms with van der Waals surface area (Å²) in [5.41, 5.74) is 1.57. The Labute approximate surface area is 106 Å². The Hall–Kier alpha value is -1.91. The predicted molar refractivity (Wildman–Crippen MR) is 68.0 cm³/mol. The molecule has 0 aromatic carbocycles. The summed E-state index contributed by atoms with van der Waals surface area (Å²) in [6.07, 6.45) is 4.12. The highest BCUT2D eigenvalue weighted by Gasteiger charge is 2.20. The van der Waals surface area contributed by atoms with Crippen molar-refractivity contribution in [1.82, 2.24) is 9.88 Å². The van der Waals surface area contributed by atoms with E-state index in [1.807, 2.05) is 6.92 Å². The zero-order valence-corrected chi connectivity index (χ0v) is 10.5. The third-order valence-corrected chi connectivity index (χ3v) is 2.94. The number of amides is 2. The van der Waals surface area contributed by atoms with Gasteiger partial charge in [-0.15, -0.1) is 0 Å². The third-order valence-electron chi connectivity index (χ3n) is 2.94. The summed E-state index contributed by atoms with van der Waals surface area (Å²) in [4.78, 5) is 29.1. The maximum absolute atomic E-state index is 11.8. The van der Waals surface area contributed by atoms with Crippen molar-refractivity contribution in [1.29, 1.82) is 0 Å². The molecule has 1 saturated heterocycles. The number of likely N-dealkylation sites (tertiary alicyclic amines) is 1. The van der Waals surface area contributed by atoms with Gasteiger partial charge < -0.3 is 10.2 Å². The van der Waals surface area contributed by atoms with Crippen LogP contribution >= 0.6 is 0 Å². The van der Waals surface area contributed by atoms with Crippen molar-refractivity contribution < 1.29 is 9.59 Å². The SMILES string of the molecule is Cc1cc(NC(=O)CN2CCCCC2=O)ccn1. The fourth-order valence-corrected chi connectivity index (χ4v) is 2.03. The van der Waals surface area contributed by atoms with Crippen LogP contribution in [0.2, 0.25) is 0 Å². The number of hydrogen-bond acceptors (Lipinski definition) is 3. The van der Waals surface area contributed by atoms with Crippen molar-refractivity contribution in [2.24, 2.45) is 0 Å². The molecule has 1 fully saturated rings. The normalized spacial score (nSPS) is 15.6. The van der Waals surface area contributed by atoms with E-state index in [0.29, 0.717) is 13.0 Å². The molecule has 2 rings (SSSR count). The zero-order valence-electron chi connectivity index (χ0n) is 10.5. The van der Waals surface area contributed by atoms with Gasteiger partial charge in [0.25, 0.3) is 0 Å². The molecule has 1 aliphatic heterocycles. The van der Waals surface area contributed by atoms with Gasteiger partial charge in [-0.2, -0.15) is 0 Å². The molecule has 0 atom stereocenters. The molecule has 0 radical (unpaired) electrons. The van der Waals surface area contributed by atoms with E-state index in [0.717, 1.165) is 24.2 Å². The third kappa shape index (κ3) is 3.29. The number of hydrogen-bond donors (Lipinski definition) is 1. The van der Waals surface area contributed by atoms with E-state index in [1.54, 1.807) is 23.2 Å². The molecule has 0 aliphatic carbocycles. The molecule has 18 heavy (non-hydrogen) atoms. The standard InChI is InChI=1S/C13H17N3O2/c1-10-8-11(5-6-14-10)15-12(17)9-16-7-3-2-4-13(16)18/h5-6,8H,2-4,7,9H2,1H3,(H,14,15,17). The van der Waals surface area contributed by atoms with Crippen molar-refractivity contribution in [2.45, 2.75) is 26.2 Å². The first-order chi connectivity index (χ1) is 8.65. The van der Waals surface area contributed by atoms with Crippen LogP contribution in [0.25, 0.3) is 0 Å². The molecular weight excluding hydrogens is 230 g/mol. The van der Waals surface area contributed by atoms with Gasteiger partial charge in [0.2, 0.25) is 11.8 Å². The van der Waals surface area contributed by atoms with Gasteiger partial charge in [-0.1, -0.05) is 0 Å². The molecular formula is C13H17N3O2. The molecule has 0 unspecified atom stereocenters. The summed E-state index contributed by atoms with van der Waals surface area (Å²) in [6, 6.07) is 3.54. The first-order valence-electron chi connectivity index (χ1n) is 6.15. The summed E-state index contributed by atoms with van der Waals surface area (Å²) < 4.78 is 0. The quantitative estimate of drug-likeness (QED) is 0.876. The Kier molecular flexibility index (Phi) is 3.92. The van der Waals surface area contributed by atoms with Crippen LogP contribution in [0, 0.1) is 6.92 Å².